The minimum absolute atomic E-state index is 0.0638. The minimum atomic E-state index is -4.92. The normalized spacial score (nSPS) is 15.4. The van der Waals surface area contributed by atoms with Gasteiger partial charge in [0.2, 0.25) is 0 Å². The Morgan fingerprint density at radius 3 is 1.88 bits per heavy atom. The largest absolute Gasteiger partial charge is 0.416 e. The molecule has 0 spiro atoms. The quantitative estimate of drug-likeness (QED) is 0.419. The van der Waals surface area contributed by atoms with Crippen LogP contribution in [-0.4, -0.2) is 19.6 Å². The molecule has 0 aliphatic carbocycles. The predicted octanol–water partition coefficient (Wildman–Crippen LogP) is 5.66. The maximum Gasteiger partial charge on any atom is 0.416 e. The molecule has 2 atom stereocenters. The fraction of sp³-hybridized carbons (Fsp3) is 0.385. The van der Waals surface area contributed by atoms with Crippen LogP contribution in [0.15, 0.2) is 24.5 Å². The van der Waals surface area contributed by atoms with E-state index < -0.39 is 23.5 Å². The number of halogens is 8. The minimum Gasteiger partial charge on any atom is -0.238 e. The average Bonchev–Trinajstić information content (AvgIpc) is 2.93. The first-order chi connectivity index (χ1) is 10.9. The zero-order chi connectivity index (χ0) is 18.3. The molecule has 132 valence electrons. The van der Waals surface area contributed by atoms with Crippen LogP contribution in [0.4, 0.5) is 26.3 Å². The highest BCUT2D eigenvalue weighted by atomic mass is 79.9. The summed E-state index contributed by atoms with van der Waals surface area (Å²) in [5.41, 5.74) is -3.18. The molecule has 0 radical (unpaired) electrons. The molecule has 1 heterocycles. The molecule has 3 nitrogen and oxygen atoms in total. The summed E-state index contributed by atoms with van der Waals surface area (Å²) in [5.74, 6) is -0.232. The molecule has 2 rings (SSSR count). The van der Waals surface area contributed by atoms with Gasteiger partial charge in [0.25, 0.3) is 0 Å². The van der Waals surface area contributed by atoms with Crippen molar-refractivity contribution in [2.24, 2.45) is 0 Å². The van der Waals surface area contributed by atoms with Crippen molar-refractivity contribution in [3.8, 4) is 11.4 Å². The standard InChI is InChI=1S/C13H9Br2F6N3/c1-6(14)10(15)24-5-22-11(23-24)7-2-8(12(16,17)18)4-9(3-7)13(19,20)21/h2-6,10H,1H3. The number of benzene rings is 1. The van der Waals surface area contributed by atoms with E-state index in [0.29, 0.717) is 12.1 Å². The Labute approximate surface area is 149 Å². The lowest BCUT2D eigenvalue weighted by molar-refractivity contribution is -0.143. The maximum atomic E-state index is 12.9. The van der Waals surface area contributed by atoms with Crippen molar-refractivity contribution in [2.45, 2.75) is 29.1 Å². The zero-order valence-corrected chi connectivity index (χ0v) is 15.0. The van der Waals surface area contributed by atoms with Gasteiger partial charge < -0.3 is 0 Å². The lowest BCUT2D eigenvalue weighted by atomic mass is 10.0. The average molecular weight is 481 g/mol. The van der Waals surface area contributed by atoms with E-state index in [4.69, 9.17) is 0 Å². The Kier molecular flexibility index (Phi) is 5.34. The summed E-state index contributed by atoms with van der Waals surface area (Å²) in [4.78, 5) is 3.34. The fourth-order valence-electron chi connectivity index (χ4n) is 1.82. The molecular weight excluding hydrogens is 472 g/mol. The van der Waals surface area contributed by atoms with Gasteiger partial charge >= 0.3 is 12.4 Å². The Morgan fingerprint density at radius 2 is 1.46 bits per heavy atom. The van der Waals surface area contributed by atoms with E-state index in [-0.39, 0.29) is 27.2 Å². The summed E-state index contributed by atoms with van der Waals surface area (Å²) in [6.07, 6.45) is -8.61. The van der Waals surface area contributed by atoms with Crippen LogP contribution in [0.25, 0.3) is 11.4 Å². The van der Waals surface area contributed by atoms with E-state index in [1.54, 1.807) is 6.92 Å². The van der Waals surface area contributed by atoms with Gasteiger partial charge in [-0.3, -0.25) is 0 Å². The van der Waals surface area contributed by atoms with Gasteiger partial charge in [-0.05, 0) is 25.1 Å². The monoisotopic (exact) mass is 479 g/mol. The third-order valence-electron chi connectivity index (χ3n) is 2.99. The summed E-state index contributed by atoms with van der Waals surface area (Å²) in [6, 6.07) is 1.25. The number of rotatable bonds is 3. The van der Waals surface area contributed by atoms with Gasteiger partial charge in [-0.2, -0.15) is 26.3 Å². The molecule has 2 aromatic rings. The second-order valence-corrected chi connectivity index (χ2v) is 7.28. The second kappa shape index (κ2) is 6.66. The Morgan fingerprint density at radius 1 is 0.958 bits per heavy atom. The SMILES string of the molecule is CC(Br)C(Br)n1cnc(-c2cc(C(F)(F)F)cc(C(F)(F)F)c2)n1. The van der Waals surface area contributed by atoms with Crippen LogP contribution < -0.4 is 0 Å². The van der Waals surface area contributed by atoms with Gasteiger partial charge in [-0.25, -0.2) is 9.67 Å². The predicted molar refractivity (Wildman–Crippen MR) is 81.8 cm³/mol. The number of nitrogens with zero attached hydrogens (tertiary/aromatic N) is 3. The van der Waals surface area contributed by atoms with Crippen molar-refractivity contribution in [2.75, 3.05) is 0 Å². The van der Waals surface area contributed by atoms with Gasteiger partial charge in [-0.1, -0.05) is 31.9 Å². The van der Waals surface area contributed by atoms with Crippen LogP contribution in [0.2, 0.25) is 0 Å². The van der Waals surface area contributed by atoms with Crippen molar-refractivity contribution < 1.29 is 26.3 Å². The Bertz CT molecular complexity index is 691. The number of aromatic nitrogens is 3. The fourth-order valence-corrected chi connectivity index (χ4v) is 2.26. The zero-order valence-electron chi connectivity index (χ0n) is 11.8. The Hall–Kier alpha value is -1.10. The van der Waals surface area contributed by atoms with Crippen molar-refractivity contribution >= 4 is 31.9 Å². The summed E-state index contributed by atoms with van der Waals surface area (Å²) >= 11 is 6.57. The van der Waals surface area contributed by atoms with Crippen LogP contribution in [-0.2, 0) is 12.4 Å². The molecule has 2 unspecified atom stereocenters. The highest BCUT2D eigenvalue weighted by Crippen LogP contribution is 2.38. The van der Waals surface area contributed by atoms with Crippen molar-refractivity contribution in [1.82, 2.24) is 14.8 Å². The lowest BCUT2D eigenvalue weighted by Crippen LogP contribution is -2.12. The van der Waals surface area contributed by atoms with Crippen LogP contribution >= 0.6 is 31.9 Å². The topological polar surface area (TPSA) is 30.7 Å². The molecule has 11 heteroatoms. The van der Waals surface area contributed by atoms with E-state index in [1.165, 1.54) is 11.0 Å². The van der Waals surface area contributed by atoms with Crippen LogP contribution in [0.1, 0.15) is 23.0 Å². The third-order valence-corrected chi connectivity index (χ3v) is 5.41. The molecule has 0 bridgehead atoms. The highest BCUT2D eigenvalue weighted by Gasteiger charge is 2.37. The molecule has 0 aliphatic rings. The van der Waals surface area contributed by atoms with Gasteiger partial charge in [0.15, 0.2) is 5.82 Å². The molecular formula is C13H9Br2F6N3. The van der Waals surface area contributed by atoms with E-state index in [2.05, 4.69) is 41.9 Å². The van der Waals surface area contributed by atoms with Crippen molar-refractivity contribution in [3.63, 3.8) is 0 Å². The molecule has 0 amide bonds. The van der Waals surface area contributed by atoms with Gasteiger partial charge in [0.05, 0.1) is 11.1 Å². The Balaban J connectivity index is 2.54. The molecule has 0 aliphatic heterocycles. The van der Waals surface area contributed by atoms with Gasteiger partial charge in [0.1, 0.15) is 11.3 Å². The van der Waals surface area contributed by atoms with Crippen LogP contribution in [0.5, 0.6) is 0 Å². The summed E-state index contributed by atoms with van der Waals surface area (Å²) in [6.45, 7) is 1.78. The smallest absolute Gasteiger partial charge is 0.238 e. The van der Waals surface area contributed by atoms with Crippen molar-refractivity contribution in [1.29, 1.82) is 0 Å². The molecule has 0 N–H and O–H groups in total. The highest BCUT2D eigenvalue weighted by molar-refractivity contribution is 9.12. The lowest BCUT2D eigenvalue weighted by Gasteiger charge is -2.13. The molecule has 0 saturated heterocycles. The van der Waals surface area contributed by atoms with Gasteiger partial charge in [-0.15, -0.1) is 5.10 Å². The van der Waals surface area contributed by atoms with Gasteiger partial charge in [0, 0.05) is 10.4 Å². The molecule has 0 fully saturated rings. The first-order valence-corrected chi connectivity index (χ1v) is 8.22. The third kappa shape index (κ3) is 4.29. The van der Waals surface area contributed by atoms with Crippen molar-refractivity contribution in [3.05, 3.63) is 35.7 Å². The molecule has 1 aromatic heterocycles. The second-order valence-electron chi connectivity index (χ2n) is 4.89. The molecule has 24 heavy (non-hydrogen) atoms. The summed E-state index contributed by atoms with van der Waals surface area (Å²) in [7, 11) is 0. The van der Waals surface area contributed by atoms with Crippen LogP contribution in [0.3, 0.4) is 0 Å². The number of hydrogen-bond donors (Lipinski definition) is 0. The van der Waals surface area contributed by atoms with E-state index in [0.717, 1.165) is 0 Å². The molecule has 1 aromatic carbocycles. The van der Waals surface area contributed by atoms with Crippen LogP contribution in [0, 0.1) is 0 Å². The summed E-state index contributed by atoms with van der Waals surface area (Å²) in [5, 5.41) is 3.94. The van der Waals surface area contributed by atoms with E-state index in [1.807, 2.05) is 0 Å². The van der Waals surface area contributed by atoms with E-state index >= 15 is 0 Å². The summed E-state index contributed by atoms with van der Waals surface area (Å²) < 4.78 is 78.5. The number of hydrogen-bond acceptors (Lipinski definition) is 2. The first-order valence-electron chi connectivity index (χ1n) is 6.38. The first kappa shape index (κ1) is 19.2. The maximum absolute atomic E-state index is 12.9. The van der Waals surface area contributed by atoms with E-state index in [9.17, 15) is 26.3 Å². The molecule has 0 saturated carbocycles. The number of alkyl halides is 8.